The van der Waals surface area contributed by atoms with Crippen LogP contribution in [0, 0.1) is 6.92 Å². The van der Waals surface area contributed by atoms with Gasteiger partial charge in [0, 0.05) is 36.3 Å². The fraction of sp³-hybridized carbons (Fsp3) is 0.280. The van der Waals surface area contributed by atoms with Crippen LogP contribution in [0.2, 0.25) is 5.02 Å². The predicted octanol–water partition coefficient (Wildman–Crippen LogP) is 5.77. The Kier molecular flexibility index (Phi) is 6.24. The van der Waals surface area contributed by atoms with Crippen LogP contribution in [-0.4, -0.2) is 38.8 Å². The number of aromatic nitrogens is 3. The van der Waals surface area contributed by atoms with E-state index in [4.69, 9.17) is 16.0 Å². The number of pyridine rings is 1. The summed E-state index contributed by atoms with van der Waals surface area (Å²) < 4.78 is 6.07. The fourth-order valence-electron chi connectivity index (χ4n) is 4.22. The number of oxazole rings is 1. The summed E-state index contributed by atoms with van der Waals surface area (Å²) in [7, 11) is 0. The van der Waals surface area contributed by atoms with Gasteiger partial charge in [-0.3, -0.25) is 9.78 Å². The molecule has 0 aliphatic carbocycles. The summed E-state index contributed by atoms with van der Waals surface area (Å²) >= 11 is 7.62. The molecule has 168 valence electrons. The molecular formula is C25H23ClN4O2S. The third-order valence-electron chi connectivity index (χ3n) is 5.88. The van der Waals surface area contributed by atoms with Crippen molar-refractivity contribution in [3.8, 4) is 10.6 Å². The molecule has 1 atom stereocenters. The van der Waals surface area contributed by atoms with E-state index in [0.717, 1.165) is 47.0 Å². The highest BCUT2D eigenvalue weighted by molar-refractivity contribution is 7.13. The summed E-state index contributed by atoms with van der Waals surface area (Å²) in [6.07, 6.45) is 5.97. The minimum Gasteiger partial charge on any atom is -0.445 e. The zero-order valence-corrected chi connectivity index (χ0v) is 19.8. The Labute approximate surface area is 201 Å². The minimum atomic E-state index is 0.0104. The SMILES string of the molecule is Cc1ncsc1-c1cc(C(=O)N2CCC[C@@H](c3ncc(Cc4cccc(Cl)c4)o3)C2)ccn1. The van der Waals surface area contributed by atoms with Gasteiger partial charge in [0.05, 0.1) is 33.9 Å². The first kappa shape index (κ1) is 21.8. The summed E-state index contributed by atoms with van der Waals surface area (Å²) in [5, 5.41) is 0.707. The lowest BCUT2D eigenvalue weighted by Gasteiger charge is -2.31. The molecule has 33 heavy (non-hydrogen) atoms. The number of hydrogen-bond donors (Lipinski definition) is 0. The van der Waals surface area contributed by atoms with Crippen molar-refractivity contribution < 1.29 is 9.21 Å². The molecule has 1 amide bonds. The van der Waals surface area contributed by atoms with Gasteiger partial charge in [-0.05, 0) is 49.6 Å². The van der Waals surface area contributed by atoms with Gasteiger partial charge in [-0.15, -0.1) is 11.3 Å². The quantitative estimate of drug-likeness (QED) is 0.364. The first-order valence-corrected chi connectivity index (χ1v) is 12.2. The Bertz CT molecular complexity index is 1280. The molecular weight excluding hydrogens is 456 g/mol. The molecule has 1 aliphatic heterocycles. The maximum atomic E-state index is 13.3. The van der Waals surface area contributed by atoms with Crippen molar-refractivity contribution in [1.82, 2.24) is 19.9 Å². The number of nitrogens with zero attached hydrogens (tertiary/aromatic N) is 4. The monoisotopic (exact) mass is 478 g/mol. The van der Waals surface area contributed by atoms with E-state index in [0.29, 0.717) is 29.4 Å². The highest BCUT2D eigenvalue weighted by atomic mass is 35.5. The minimum absolute atomic E-state index is 0.0104. The number of aryl methyl sites for hydroxylation is 1. The zero-order valence-electron chi connectivity index (χ0n) is 18.2. The van der Waals surface area contributed by atoms with E-state index in [9.17, 15) is 4.79 Å². The van der Waals surface area contributed by atoms with E-state index in [-0.39, 0.29) is 11.8 Å². The second kappa shape index (κ2) is 9.45. The van der Waals surface area contributed by atoms with Crippen molar-refractivity contribution in [1.29, 1.82) is 0 Å². The second-order valence-corrected chi connectivity index (χ2v) is 9.55. The first-order valence-electron chi connectivity index (χ1n) is 10.9. The molecule has 8 heteroatoms. The smallest absolute Gasteiger partial charge is 0.254 e. The normalized spacial score (nSPS) is 16.2. The van der Waals surface area contributed by atoms with Crippen molar-refractivity contribution in [3.63, 3.8) is 0 Å². The summed E-state index contributed by atoms with van der Waals surface area (Å²) in [6, 6.07) is 11.4. The zero-order chi connectivity index (χ0) is 22.8. The molecule has 0 saturated carbocycles. The van der Waals surface area contributed by atoms with Crippen LogP contribution in [0.25, 0.3) is 10.6 Å². The number of piperidine rings is 1. The van der Waals surface area contributed by atoms with Crippen LogP contribution >= 0.6 is 22.9 Å². The Hall–Kier alpha value is -3.03. The van der Waals surface area contributed by atoms with Crippen LogP contribution in [0.3, 0.4) is 0 Å². The molecule has 4 heterocycles. The largest absolute Gasteiger partial charge is 0.445 e. The third kappa shape index (κ3) is 4.84. The van der Waals surface area contributed by atoms with Crippen LogP contribution in [0.1, 0.15) is 52.0 Å². The molecule has 1 saturated heterocycles. The summed E-state index contributed by atoms with van der Waals surface area (Å²) in [5.74, 6) is 1.59. The lowest BCUT2D eigenvalue weighted by molar-refractivity contribution is 0.0698. The van der Waals surface area contributed by atoms with Crippen molar-refractivity contribution in [2.45, 2.75) is 32.1 Å². The standard InChI is InChI=1S/C25H23ClN4O2S/c1-16-23(33-15-29-16)22-12-18(7-8-27-22)25(31)30-9-3-5-19(14-30)24-28-13-21(32-24)11-17-4-2-6-20(26)10-17/h2,4,6-8,10,12-13,15,19H,3,5,9,11,14H2,1H3/t19-/m1/s1. The number of hydrogen-bond acceptors (Lipinski definition) is 6. The van der Waals surface area contributed by atoms with E-state index < -0.39 is 0 Å². The number of likely N-dealkylation sites (tertiary alicyclic amines) is 1. The van der Waals surface area contributed by atoms with Crippen LogP contribution in [0.4, 0.5) is 0 Å². The van der Waals surface area contributed by atoms with E-state index in [2.05, 4.69) is 15.0 Å². The molecule has 0 spiro atoms. The maximum absolute atomic E-state index is 13.3. The molecule has 0 N–H and O–H groups in total. The predicted molar refractivity (Wildman–Crippen MR) is 129 cm³/mol. The van der Waals surface area contributed by atoms with Gasteiger partial charge in [0.1, 0.15) is 5.76 Å². The molecule has 1 aromatic carbocycles. The Balaban J connectivity index is 1.29. The number of benzene rings is 1. The van der Waals surface area contributed by atoms with Gasteiger partial charge in [0.25, 0.3) is 5.91 Å². The van der Waals surface area contributed by atoms with Gasteiger partial charge in [-0.2, -0.15) is 0 Å². The average Bonchev–Trinajstić information content (AvgIpc) is 3.48. The van der Waals surface area contributed by atoms with Crippen molar-refractivity contribution in [2.24, 2.45) is 0 Å². The van der Waals surface area contributed by atoms with Crippen molar-refractivity contribution >= 4 is 28.8 Å². The number of thiazole rings is 1. The number of carbonyl (C=O) groups is 1. The highest BCUT2D eigenvalue weighted by Crippen LogP contribution is 2.30. The van der Waals surface area contributed by atoms with Gasteiger partial charge in [0.2, 0.25) is 0 Å². The first-order chi connectivity index (χ1) is 16.1. The van der Waals surface area contributed by atoms with Crippen LogP contribution in [-0.2, 0) is 6.42 Å². The van der Waals surface area contributed by atoms with Crippen LogP contribution in [0.5, 0.6) is 0 Å². The number of rotatable bonds is 5. The van der Waals surface area contributed by atoms with E-state index >= 15 is 0 Å². The number of carbonyl (C=O) groups excluding carboxylic acids is 1. The molecule has 5 rings (SSSR count). The molecule has 4 aromatic rings. The van der Waals surface area contributed by atoms with Gasteiger partial charge < -0.3 is 9.32 Å². The molecule has 0 radical (unpaired) electrons. The fourth-order valence-corrected chi connectivity index (χ4v) is 5.21. The Morgan fingerprint density at radius 3 is 2.97 bits per heavy atom. The van der Waals surface area contributed by atoms with E-state index in [1.807, 2.05) is 42.2 Å². The van der Waals surface area contributed by atoms with Crippen molar-refractivity contribution in [3.05, 3.63) is 87.8 Å². The van der Waals surface area contributed by atoms with E-state index in [1.54, 1.807) is 24.0 Å². The molecule has 0 unspecified atom stereocenters. The molecule has 3 aromatic heterocycles. The Morgan fingerprint density at radius 2 is 2.15 bits per heavy atom. The summed E-state index contributed by atoms with van der Waals surface area (Å²) in [6.45, 7) is 3.27. The Morgan fingerprint density at radius 1 is 1.24 bits per heavy atom. The third-order valence-corrected chi connectivity index (χ3v) is 7.07. The molecule has 1 aliphatic rings. The highest BCUT2D eigenvalue weighted by Gasteiger charge is 2.28. The van der Waals surface area contributed by atoms with Gasteiger partial charge in [0.15, 0.2) is 5.89 Å². The molecule has 6 nitrogen and oxygen atoms in total. The molecule has 1 fully saturated rings. The summed E-state index contributed by atoms with van der Waals surface area (Å²) in [5.41, 5.74) is 5.23. The maximum Gasteiger partial charge on any atom is 0.254 e. The lowest BCUT2D eigenvalue weighted by atomic mass is 9.97. The van der Waals surface area contributed by atoms with Gasteiger partial charge in [-0.1, -0.05) is 23.7 Å². The lowest BCUT2D eigenvalue weighted by Crippen LogP contribution is -2.39. The second-order valence-electron chi connectivity index (χ2n) is 8.26. The number of amides is 1. The van der Waals surface area contributed by atoms with Crippen LogP contribution < -0.4 is 0 Å². The number of halogens is 1. The topological polar surface area (TPSA) is 72.1 Å². The van der Waals surface area contributed by atoms with Gasteiger partial charge >= 0.3 is 0 Å². The van der Waals surface area contributed by atoms with E-state index in [1.165, 1.54) is 11.3 Å². The van der Waals surface area contributed by atoms with Crippen LogP contribution in [0.15, 0.2) is 58.7 Å². The van der Waals surface area contributed by atoms with Crippen molar-refractivity contribution in [2.75, 3.05) is 13.1 Å². The summed E-state index contributed by atoms with van der Waals surface area (Å²) in [4.78, 5) is 29.4. The average molecular weight is 479 g/mol. The molecule has 0 bridgehead atoms. The van der Waals surface area contributed by atoms with Gasteiger partial charge in [-0.25, -0.2) is 9.97 Å².